The van der Waals surface area contributed by atoms with E-state index < -0.39 is 18.0 Å². The molecular formula is C26H32N8O3. The van der Waals surface area contributed by atoms with Crippen LogP contribution in [-0.2, 0) is 20.9 Å². The van der Waals surface area contributed by atoms with Crippen molar-refractivity contribution >= 4 is 17.7 Å². The van der Waals surface area contributed by atoms with Gasteiger partial charge in [-0.2, -0.15) is 5.21 Å². The summed E-state index contributed by atoms with van der Waals surface area (Å²) < 4.78 is 0. The molecule has 0 aromatic carbocycles. The molecule has 0 spiro atoms. The maximum Gasteiger partial charge on any atom is 0.250 e. The number of tetrazole rings is 1. The Morgan fingerprint density at radius 3 is 2.78 bits per heavy atom. The van der Waals surface area contributed by atoms with E-state index in [2.05, 4.69) is 49.2 Å². The number of allylic oxidation sites excluding steroid dienone is 3. The lowest BCUT2D eigenvalue weighted by molar-refractivity contribution is -0.140. The number of aromatic nitrogens is 5. The highest BCUT2D eigenvalue weighted by Gasteiger charge is 2.47. The molecule has 1 aliphatic carbocycles. The average Bonchev–Trinajstić information content (AvgIpc) is 3.50. The molecule has 2 aromatic rings. The van der Waals surface area contributed by atoms with Gasteiger partial charge < -0.3 is 10.6 Å². The highest BCUT2D eigenvalue weighted by Crippen LogP contribution is 2.44. The van der Waals surface area contributed by atoms with E-state index in [-0.39, 0.29) is 30.2 Å². The van der Waals surface area contributed by atoms with Crippen LogP contribution in [0.4, 0.5) is 0 Å². The van der Waals surface area contributed by atoms with Crippen LogP contribution in [0.15, 0.2) is 47.3 Å². The van der Waals surface area contributed by atoms with E-state index in [0.717, 1.165) is 17.7 Å². The average molecular weight is 505 g/mol. The molecule has 1 fully saturated rings. The summed E-state index contributed by atoms with van der Waals surface area (Å²) in [5, 5.41) is 19.5. The van der Waals surface area contributed by atoms with Gasteiger partial charge in [0.1, 0.15) is 12.1 Å². The van der Waals surface area contributed by atoms with Crippen LogP contribution in [-0.4, -0.2) is 60.3 Å². The molecule has 2 aliphatic heterocycles. The predicted molar refractivity (Wildman–Crippen MR) is 133 cm³/mol. The van der Waals surface area contributed by atoms with Crippen molar-refractivity contribution < 1.29 is 14.4 Å². The van der Waals surface area contributed by atoms with Crippen LogP contribution in [0.5, 0.6) is 0 Å². The van der Waals surface area contributed by atoms with E-state index in [1.54, 1.807) is 11.1 Å². The molecule has 11 nitrogen and oxygen atoms in total. The second-order valence-corrected chi connectivity index (χ2v) is 10.4. The minimum absolute atomic E-state index is 0.00653. The molecule has 3 N–H and O–H groups in total. The van der Waals surface area contributed by atoms with E-state index in [4.69, 9.17) is 0 Å². The molecule has 3 aliphatic rings. The first kappa shape index (κ1) is 24.8. The number of hydrogen-bond donors (Lipinski definition) is 3. The van der Waals surface area contributed by atoms with Crippen LogP contribution in [0.3, 0.4) is 0 Å². The molecule has 1 saturated heterocycles. The van der Waals surface area contributed by atoms with Crippen molar-refractivity contribution in [3.8, 4) is 0 Å². The molecule has 0 saturated carbocycles. The zero-order valence-electron chi connectivity index (χ0n) is 21.3. The summed E-state index contributed by atoms with van der Waals surface area (Å²) in [6, 6.07) is 4.08. The third-order valence-electron chi connectivity index (χ3n) is 7.31. The molecule has 4 heterocycles. The number of amides is 3. The lowest BCUT2D eigenvalue weighted by Gasteiger charge is -2.29. The number of hydrogen-bond acceptors (Lipinski definition) is 7. The monoisotopic (exact) mass is 504 g/mol. The molecular weight excluding hydrogens is 472 g/mol. The summed E-state index contributed by atoms with van der Waals surface area (Å²) in [4.78, 5) is 46.8. The summed E-state index contributed by atoms with van der Waals surface area (Å²) in [5.74, 6) is -0.567. The first-order valence-electron chi connectivity index (χ1n) is 12.8. The van der Waals surface area contributed by atoms with Crippen LogP contribution in [0.25, 0.3) is 0 Å². The van der Waals surface area contributed by atoms with Crippen molar-refractivity contribution in [2.24, 2.45) is 11.8 Å². The number of carbonyl (C=O) groups is 3. The Hall–Kier alpha value is -3.89. The molecule has 0 radical (unpaired) electrons. The SMILES string of the molecule is CC1C=C2CC(C(=O)NCc3nn[nH]n3)N3C(=O)C(NC(=O)C(c4ccccn4)C(C)C)CCC(=C23)C1. The van der Waals surface area contributed by atoms with Gasteiger partial charge in [0, 0.05) is 18.3 Å². The minimum Gasteiger partial charge on any atom is -0.347 e. The second kappa shape index (κ2) is 10.2. The third kappa shape index (κ3) is 4.90. The number of nitrogens with zero attached hydrogens (tertiary/aromatic N) is 5. The lowest BCUT2D eigenvalue weighted by Crippen LogP contribution is -2.53. The summed E-state index contributed by atoms with van der Waals surface area (Å²) in [6.45, 7) is 6.20. The van der Waals surface area contributed by atoms with E-state index >= 15 is 0 Å². The predicted octanol–water partition coefficient (Wildman–Crippen LogP) is 1.75. The fourth-order valence-electron chi connectivity index (χ4n) is 5.72. The molecule has 3 amide bonds. The molecule has 0 bridgehead atoms. The fraction of sp³-hybridized carbons (Fsp3) is 0.500. The number of rotatable bonds is 7. The summed E-state index contributed by atoms with van der Waals surface area (Å²) in [5.41, 5.74) is 3.74. The smallest absolute Gasteiger partial charge is 0.250 e. The Bertz CT molecular complexity index is 1240. The van der Waals surface area contributed by atoms with Gasteiger partial charge in [-0.25, -0.2) is 0 Å². The van der Waals surface area contributed by atoms with Crippen LogP contribution in [0, 0.1) is 11.8 Å². The van der Waals surface area contributed by atoms with Gasteiger partial charge in [0.2, 0.25) is 17.7 Å². The topological polar surface area (TPSA) is 146 Å². The standard InChI is InChI=1S/C26H32N8O3/c1-14(2)22(18-6-4-5-9-27-18)25(36)29-19-8-7-16-10-15(3)11-17-12-20(34(23(16)17)26(19)37)24(35)28-13-21-30-32-33-31-21/h4-6,9,11,14-15,19-20,22H,7-8,10,12-13H2,1-3H3,(H,28,35)(H,29,36)(H,30,31,32,33). The van der Waals surface area contributed by atoms with Crippen LogP contribution < -0.4 is 10.6 Å². The van der Waals surface area contributed by atoms with Crippen LogP contribution in [0.2, 0.25) is 0 Å². The van der Waals surface area contributed by atoms with Crippen molar-refractivity contribution in [2.45, 2.75) is 71.0 Å². The Morgan fingerprint density at radius 2 is 2.08 bits per heavy atom. The summed E-state index contributed by atoms with van der Waals surface area (Å²) >= 11 is 0. The highest BCUT2D eigenvalue weighted by molar-refractivity contribution is 5.96. The molecule has 194 valence electrons. The van der Waals surface area contributed by atoms with Gasteiger partial charge in [0.15, 0.2) is 5.82 Å². The number of aromatic amines is 1. The quantitative estimate of drug-likeness (QED) is 0.521. The van der Waals surface area contributed by atoms with Gasteiger partial charge >= 0.3 is 0 Å². The number of pyridine rings is 1. The van der Waals surface area contributed by atoms with E-state index in [9.17, 15) is 14.4 Å². The zero-order chi connectivity index (χ0) is 26.1. The second-order valence-electron chi connectivity index (χ2n) is 10.4. The Morgan fingerprint density at radius 1 is 1.24 bits per heavy atom. The van der Waals surface area contributed by atoms with E-state index in [0.29, 0.717) is 36.7 Å². The van der Waals surface area contributed by atoms with Gasteiger partial charge in [-0.3, -0.25) is 24.3 Å². The normalized spacial score (nSPS) is 23.9. The van der Waals surface area contributed by atoms with Gasteiger partial charge in [-0.05, 0) is 54.4 Å². The molecule has 37 heavy (non-hydrogen) atoms. The lowest BCUT2D eigenvalue weighted by atomic mass is 9.86. The van der Waals surface area contributed by atoms with Crippen molar-refractivity contribution in [1.29, 1.82) is 0 Å². The Labute approximate surface area is 215 Å². The maximum absolute atomic E-state index is 14.0. The summed E-state index contributed by atoms with van der Waals surface area (Å²) in [6.07, 6.45) is 6.30. The van der Waals surface area contributed by atoms with Crippen LogP contribution >= 0.6 is 0 Å². The van der Waals surface area contributed by atoms with Gasteiger partial charge in [0.25, 0.3) is 0 Å². The number of H-pyrrole nitrogens is 1. The summed E-state index contributed by atoms with van der Waals surface area (Å²) in [7, 11) is 0. The highest BCUT2D eigenvalue weighted by atomic mass is 16.2. The first-order valence-corrected chi connectivity index (χ1v) is 12.8. The first-order chi connectivity index (χ1) is 17.8. The maximum atomic E-state index is 14.0. The molecule has 11 heteroatoms. The van der Waals surface area contributed by atoms with E-state index in [1.165, 1.54) is 5.57 Å². The molecule has 4 atom stereocenters. The molecule has 2 aromatic heterocycles. The number of nitrogens with one attached hydrogen (secondary N) is 3. The molecule has 4 unspecified atom stereocenters. The van der Waals surface area contributed by atoms with Crippen molar-refractivity contribution in [1.82, 2.24) is 41.1 Å². The Balaban J connectivity index is 1.40. The largest absolute Gasteiger partial charge is 0.347 e. The van der Waals surface area contributed by atoms with Gasteiger partial charge in [-0.15, -0.1) is 10.2 Å². The Kier molecular flexibility index (Phi) is 6.86. The fourth-order valence-corrected chi connectivity index (χ4v) is 5.72. The van der Waals surface area contributed by atoms with Gasteiger partial charge in [-0.1, -0.05) is 38.1 Å². The zero-order valence-corrected chi connectivity index (χ0v) is 21.3. The molecule has 5 rings (SSSR count). The van der Waals surface area contributed by atoms with Crippen molar-refractivity contribution in [3.63, 3.8) is 0 Å². The number of carbonyl (C=O) groups excluding carboxylic acids is 3. The van der Waals surface area contributed by atoms with Gasteiger partial charge in [0.05, 0.1) is 18.2 Å². The minimum atomic E-state index is -0.731. The van der Waals surface area contributed by atoms with Crippen molar-refractivity contribution in [3.05, 3.63) is 58.8 Å². The van der Waals surface area contributed by atoms with Crippen LogP contribution in [0.1, 0.15) is 63.9 Å². The van der Waals surface area contributed by atoms with Crippen molar-refractivity contribution in [2.75, 3.05) is 0 Å². The van der Waals surface area contributed by atoms with E-state index in [1.807, 2.05) is 32.0 Å². The third-order valence-corrected chi connectivity index (χ3v) is 7.31.